The fourth-order valence-corrected chi connectivity index (χ4v) is 2.56. The highest BCUT2D eigenvalue weighted by atomic mass is 16.6. The van der Waals surface area contributed by atoms with Crippen LogP contribution in [0.1, 0.15) is 31.9 Å². The molecule has 1 amide bonds. The topological polar surface area (TPSA) is 153 Å². The van der Waals surface area contributed by atoms with E-state index in [2.05, 4.69) is 30.7 Å². The molecule has 40 heavy (non-hydrogen) atoms. The predicted octanol–water partition coefficient (Wildman–Crippen LogP) is 3.08. The molecule has 0 radical (unpaired) electrons. The molecule has 12 heteroatoms. The van der Waals surface area contributed by atoms with Crippen molar-refractivity contribution in [3.05, 3.63) is 59.7 Å². The summed E-state index contributed by atoms with van der Waals surface area (Å²) in [7, 11) is 5.51. The highest BCUT2D eigenvalue weighted by Gasteiger charge is 2.03. The van der Waals surface area contributed by atoms with E-state index in [4.69, 9.17) is 9.47 Å². The molecular weight excluding hydrogens is 520 g/mol. The summed E-state index contributed by atoms with van der Waals surface area (Å²) in [5.41, 5.74) is 3.93. The number of amides is 1. The smallest absolute Gasteiger partial charge is 0.407 e. The van der Waals surface area contributed by atoms with Gasteiger partial charge in [0.25, 0.3) is 0 Å². The van der Waals surface area contributed by atoms with E-state index in [1.54, 1.807) is 0 Å². The van der Waals surface area contributed by atoms with Gasteiger partial charge in [-0.15, -0.1) is 0 Å². The summed E-state index contributed by atoms with van der Waals surface area (Å²) in [4.78, 5) is 42.4. The molecule has 4 N–H and O–H groups in total. The first kappa shape index (κ1) is 35.7. The monoisotopic (exact) mass is 562 g/mol. The molecule has 0 saturated carbocycles. The molecule has 0 spiro atoms. The van der Waals surface area contributed by atoms with Crippen LogP contribution in [0.3, 0.4) is 0 Å². The molecule has 0 heterocycles. The van der Waals surface area contributed by atoms with E-state index in [1.807, 2.05) is 69.7 Å². The summed E-state index contributed by atoms with van der Waals surface area (Å²) >= 11 is 0. The van der Waals surface area contributed by atoms with E-state index < -0.39 is 6.09 Å². The molecule has 2 aromatic carbocycles. The fourth-order valence-electron chi connectivity index (χ4n) is 2.56. The second kappa shape index (κ2) is 22.6. The highest BCUT2D eigenvalue weighted by Crippen LogP contribution is 2.10. The zero-order chi connectivity index (χ0) is 30.2. The van der Waals surface area contributed by atoms with E-state index in [0.29, 0.717) is 13.2 Å². The molecule has 0 atom stereocenters. The van der Waals surface area contributed by atoms with Crippen LogP contribution in [0.4, 0.5) is 16.2 Å². The van der Waals surface area contributed by atoms with Crippen molar-refractivity contribution in [2.45, 2.75) is 34.0 Å². The summed E-state index contributed by atoms with van der Waals surface area (Å²) < 4.78 is 19.1. The molecule has 0 aliphatic carbocycles. The Morgan fingerprint density at radius 1 is 0.575 bits per heavy atom. The van der Waals surface area contributed by atoms with Gasteiger partial charge >= 0.3 is 24.0 Å². The SMILES string of the molecule is CNCCOC(C)=O.CNc1ccc(COC(=O)NCCOC(C)=O)cc1.CNc1ccc(COC(C)=O)cc1. The number of benzene rings is 2. The molecule has 0 aliphatic rings. The summed E-state index contributed by atoms with van der Waals surface area (Å²) in [6.07, 6.45) is -0.537. The van der Waals surface area contributed by atoms with Crippen LogP contribution in [-0.2, 0) is 46.5 Å². The molecule has 2 rings (SSSR count). The Morgan fingerprint density at radius 3 is 1.35 bits per heavy atom. The lowest BCUT2D eigenvalue weighted by Gasteiger charge is -2.07. The van der Waals surface area contributed by atoms with Crippen molar-refractivity contribution >= 4 is 35.4 Å². The predicted molar refractivity (Wildman–Crippen MR) is 153 cm³/mol. The summed E-state index contributed by atoms with van der Waals surface area (Å²) in [6.45, 7) is 6.22. The van der Waals surface area contributed by atoms with Crippen molar-refractivity contribution in [1.29, 1.82) is 0 Å². The molecule has 0 aromatic heterocycles. The molecule has 0 unspecified atom stereocenters. The van der Waals surface area contributed by atoms with Gasteiger partial charge in [0.05, 0.1) is 6.54 Å². The minimum Gasteiger partial charge on any atom is -0.465 e. The molecule has 0 saturated heterocycles. The van der Waals surface area contributed by atoms with Crippen LogP contribution in [0.25, 0.3) is 0 Å². The first-order chi connectivity index (χ1) is 19.1. The Bertz CT molecular complexity index is 998. The minimum atomic E-state index is -0.537. The van der Waals surface area contributed by atoms with Gasteiger partial charge in [-0.05, 0) is 42.4 Å². The summed E-state index contributed by atoms with van der Waals surface area (Å²) in [5.74, 6) is -0.849. The van der Waals surface area contributed by atoms with Gasteiger partial charge in [0.2, 0.25) is 0 Å². The second-order valence-corrected chi connectivity index (χ2v) is 7.96. The minimum absolute atomic E-state index is 0.140. The van der Waals surface area contributed by atoms with E-state index in [-0.39, 0.29) is 37.7 Å². The van der Waals surface area contributed by atoms with Crippen molar-refractivity contribution in [2.24, 2.45) is 0 Å². The van der Waals surface area contributed by atoms with Crippen molar-refractivity contribution < 1.29 is 38.1 Å². The normalized spacial score (nSPS) is 9.35. The lowest BCUT2D eigenvalue weighted by Crippen LogP contribution is -2.28. The van der Waals surface area contributed by atoms with Crippen LogP contribution in [0.15, 0.2) is 48.5 Å². The van der Waals surface area contributed by atoms with Crippen LogP contribution in [-0.4, -0.2) is 71.4 Å². The largest absolute Gasteiger partial charge is 0.465 e. The average Bonchev–Trinajstić information content (AvgIpc) is 2.94. The first-order valence-corrected chi connectivity index (χ1v) is 12.6. The van der Waals surface area contributed by atoms with Crippen molar-refractivity contribution in [3.63, 3.8) is 0 Å². The van der Waals surface area contributed by atoms with Gasteiger partial charge in [-0.3, -0.25) is 14.4 Å². The van der Waals surface area contributed by atoms with Gasteiger partial charge in [-0.25, -0.2) is 4.79 Å². The number of alkyl carbamates (subject to hydrolysis) is 1. The Labute approximate surface area is 236 Å². The Kier molecular flexibility index (Phi) is 20.2. The van der Waals surface area contributed by atoms with E-state index in [9.17, 15) is 19.2 Å². The van der Waals surface area contributed by atoms with Gasteiger partial charge < -0.3 is 40.2 Å². The first-order valence-electron chi connectivity index (χ1n) is 12.6. The second-order valence-electron chi connectivity index (χ2n) is 7.96. The van der Waals surface area contributed by atoms with Gasteiger partial charge in [-0.2, -0.15) is 0 Å². The number of likely N-dealkylation sites (N-methyl/N-ethyl adjacent to an activating group) is 1. The number of ether oxygens (including phenoxy) is 4. The number of hydrogen-bond donors (Lipinski definition) is 4. The van der Waals surface area contributed by atoms with Crippen LogP contribution >= 0.6 is 0 Å². The average molecular weight is 563 g/mol. The number of carbonyl (C=O) groups excluding carboxylic acids is 4. The number of carbonyl (C=O) groups is 4. The maximum atomic E-state index is 11.3. The Morgan fingerprint density at radius 2 is 0.975 bits per heavy atom. The van der Waals surface area contributed by atoms with E-state index in [1.165, 1.54) is 20.8 Å². The van der Waals surface area contributed by atoms with Crippen molar-refractivity contribution in [3.8, 4) is 0 Å². The van der Waals surface area contributed by atoms with Gasteiger partial charge in [0.1, 0.15) is 26.4 Å². The lowest BCUT2D eigenvalue weighted by molar-refractivity contribution is -0.142. The van der Waals surface area contributed by atoms with Crippen LogP contribution in [0, 0.1) is 0 Å². The zero-order valence-corrected chi connectivity index (χ0v) is 24.1. The maximum Gasteiger partial charge on any atom is 0.407 e. The number of esters is 3. The Balaban J connectivity index is 0.000000626. The van der Waals surface area contributed by atoms with Crippen molar-refractivity contribution in [2.75, 3.05) is 58.1 Å². The zero-order valence-electron chi connectivity index (χ0n) is 24.1. The molecule has 0 bridgehead atoms. The van der Waals surface area contributed by atoms with Gasteiger partial charge in [0.15, 0.2) is 0 Å². The van der Waals surface area contributed by atoms with Crippen LogP contribution in [0.5, 0.6) is 0 Å². The van der Waals surface area contributed by atoms with Gasteiger partial charge in [-0.1, -0.05) is 24.3 Å². The Hall–Kier alpha value is -4.32. The molecule has 2 aromatic rings. The van der Waals surface area contributed by atoms with E-state index in [0.717, 1.165) is 29.0 Å². The molecule has 12 nitrogen and oxygen atoms in total. The number of hydrogen-bond acceptors (Lipinski definition) is 11. The number of anilines is 2. The summed E-state index contributed by atoms with van der Waals surface area (Å²) in [5, 5.41) is 11.3. The molecule has 0 fully saturated rings. The van der Waals surface area contributed by atoms with Crippen LogP contribution in [0.2, 0.25) is 0 Å². The summed E-state index contributed by atoms with van der Waals surface area (Å²) in [6, 6.07) is 15.3. The molecule has 0 aliphatic heterocycles. The van der Waals surface area contributed by atoms with E-state index >= 15 is 0 Å². The standard InChI is InChI=1S/C13H18N2O4.C10H13NO2.C5H11NO2/c1-10(16)18-8-7-15-13(17)19-9-11-3-5-12(14-2)6-4-11;1-8(12)13-7-9-3-5-10(11-2)6-4-9;1-5(7)8-4-3-6-2/h3-6,14H,7-9H2,1-2H3,(H,15,17);3-6,11H,7H2,1-2H3;6H,3-4H2,1-2H3. The third kappa shape index (κ3) is 20.7. The van der Waals surface area contributed by atoms with Crippen LogP contribution < -0.4 is 21.3 Å². The highest BCUT2D eigenvalue weighted by molar-refractivity contribution is 5.68. The molecular formula is C28H42N4O8. The fraction of sp³-hybridized carbons (Fsp3) is 0.429. The number of rotatable bonds is 12. The lowest BCUT2D eigenvalue weighted by atomic mass is 10.2. The molecule has 222 valence electrons. The quantitative estimate of drug-likeness (QED) is 0.171. The van der Waals surface area contributed by atoms with Gasteiger partial charge in [0, 0.05) is 52.8 Å². The third-order valence-electron chi connectivity index (χ3n) is 4.63. The third-order valence-corrected chi connectivity index (χ3v) is 4.63. The number of nitrogens with one attached hydrogen (secondary N) is 4. The van der Waals surface area contributed by atoms with Crippen molar-refractivity contribution in [1.82, 2.24) is 10.6 Å². The maximum absolute atomic E-state index is 11.3.